The highest BCUT2D eigenvalue weighted by Gasteiger charge is 2.63. The second-order valence-electron chi connectivity index (χ2n) is 6.20. The van der Waals surface area contributed by atoms with Gasteiger partial charge >= 0.3 is 23.6 Å². The van der Waals surface area contributed by atoms with E-state index in [1.165, 1.54) is 0 Å². The molecule has 11 heteroatoms. The highest BCUT2D eigenvalue weighted by Crippen LogP contribution is 2.37. The molecule has 3 unspecified atom stereocenters. The van der Waals surface area contributed by atoms with Crippen molar-refractivity contribution in [3.63, 3.8) is 0 Å². The van der Waals surface area contributed by atoms with Crippen molar-refractivity contribution >= 4 is 29.7 Å². The molecule has 0 aromatic heterocycles. The van der Waals surface area contributed by atoms with Crippen LogP contribution in [-0.4, -0.2) is 51.7 Å². The topological polar surface area (TPSA) is 163 Å². The van der Waals surface area contributed by atoms with Gasteiger partial charge in [0.1, 0.15) is 6.61 Å². The summed E-state index contributed by atoms with van der Waals surface area (Å²) in [5.41, 5.74) is 3.35. The quantitative estimate of drug-likeness (QED) is 0.461. The number of hydroxylamine groups is 2. The average Bonchev–Trinajstić information content (AvgIpc) is 3.22. The molecule has 0 saturated carbocycles. The van der Waals surface area contributed by atoms with Crippen LogP contribution in [0.2, 0.25) is 0 Å². The molecule has 2 aliphatic heterocycles. The van der Waals surface area contributed by atoms with Crippen molar-refractivity contribution in [3.8, 4) is 0 Å². The Balaban J connectivity index is 1.83. The summed E-state index contributed by atoms with van der Waals surface area (Å²) in [6.07, 6.45) is -2.50. The Morgan fingerprint density at radius 3 is 2.46 bits per heavy atom. The Hall–Kier alpha value is -3.47. The van der Waals surface area contributed by atoms with Crippen molar-refractivity contribution in [2.45, 2.75) is 31.3 Å². The number of carboxylic acid groups (broad SMARTS) is 1. The summed E-state index contributed by atoms with van der Waals surface area (Å²) in [5.74, 6) is -7.87. The average molecular weight is 392 g/mol. The van der Waals surface area contributed by atoms with Gasteiger partial charge in [0, 0.05) is 6.42 Å². The first-order chi connectivity index (χ1) is 13.3. The number of esters is 2. The Morgan fingerprint density at radius 2 is 1.93 bits per heavy atom. The number of hydrogen-bond donors (Lipinski definition) is 2. The van der Waals surface area contributed by atoms with Gasteiger partial charge in [0.15, 0.2) is 12.0 Å². The molecule has 3 rings (SSSR count). The molecule has 2 fully saturated rings. The van der Waals surface area contributed by atoms with Crippen LogP contribution in [0.1, 0.15) is 18.4 Å². The number of carboxylic acids is 1. The third-order valence-corrected chi connectivity index (χ3v) is 4.36. The summed E-state index contributed by atoms with van der Waals surface area (Å²) in [7, 11) is 0. The molecule has 0 spiro atoms. The maximum atomic E-state index is 12.7. The van der Waals surface area contributed by atoms with Gasteiger partial charge < -0.3 is 20.3 Å². The predicted octanol–water partition coefficient (Wildman–Crippen LogP) is -0.908. The van der Waals surface area contributed by atoms with Crippen molar-refractivity contribution in [1.82, 2.24) is 5.06 Å². The fourth-order valence-electron chi connectivity index (χ4n) is 2.95. The number of nitrogens with two attached hydrogens (primary N) is 1. The van der Waals surface area contributed by atoms with Gasteiger partial charge in [0.25, 0.3) is 11.8 Å². The van der Waals surface area contributed by atoms with Gasteiger partial charge in [-0.25, -0.2) is 4.79 Å². The van der Waals surface area contributed by atoms with Crippen molar-refractivity contribution < 1.29 is 43.4 Å². The minimum absolute atomic E-state index is 0.187. The van der Waals surface area contributed by atoms with E-state index in [0.717, 1.165) is 0 Å². The second kappa shape index (κ2) is 7.27. The van der Waals surface area contributed by atoms with Crippen molar-refractivity contribution in [2.24, 2.45) is 11.7 Å². The lowest BCUT2D eigenvalue weighted by molar-refractivity contribution is -0.265. The van der Waals surface area contributed by atoms with Crippen LogP contribution in [-0.2, 0) is 44.9 Å². The summed E-state index contributed by atoms with van der Waals surface area (Å²) in [4.78, 5) is 65.0. The summed E-state index contributed by atoms with van der Waals surface area (Å²) in [5, 5.41) is 9.70. The van der Waals surface area contributed by atoms with Crippen LogP contribution < -0.4 is 5.73 Å². The lowest BCUT2D eigenvalue weighted by Crippen LogP contribution is -2.55. The number of ether oxygens (including phenoxy) is 2. The standard InChI is InChI=1S/C17H16N2O9/c18-13(21)12-11(15(23)26-8-9-4-2-1-3-5-9)14(22)19(28-12)17(16(24)25)7-6-10(20)27-17/h1-5,11-12H,6-8H2,(H2,18,21)(H,24,25). The van der Waals surface area contributed by atoms with Gasteiger partial charge in [0.05, 0.1) is 6.42 Å². The highest BCUT2D eigenvalue weighted by atomic mass is 16.8. The number of benzene rings is 1. The number of cyclic esters (lactones) is 1. The molecule has 148 valence electrons. The second-order valence-corrected chi connectivity index (χ2v) is 6.20. The number of rotatable bonds is 6. The van der Waals surface area contributed by atoms with Crippen molar-refractivity contribution in [1.29, 1.82) is 0 Å². The number of amides is 2. The Bertz CT molecular complexity index is 840. The van der Waals surface area contributed by atoms with Gasteiger partial charge in [-0.3, -0.25) is 24.0 Å². The van der Waals surface area contributed by atoms with E-state index in [1.807, 2.05) is 0 Å². The zero-order chi connectivity index (χ0) is 20.5. The van der Waals surface area contributed by atoms with Crippen LogP contribution in [0.15, 0.2) is 30.3 Å². The first-order valence-corrected chi connectivity index (χ1v) is 8.22. The summed E-state index contributed by atoms with van der Waals surface area (Å²) >= 11 is 0. The molecule has 2 heterocycles. The van der Waals surface area contributed by atoms with Gasteiger partial charge in [-0.2, -0.15) is 5.06 Å². The molecule has 1 aromatic rings. The van der Waals surface area contributed by atoms with E-state index < -0.39 is 53.9 Å². The number of carbonyl (C=O) groups is 5. The van der Waals surface area contributed by atoms with E-state index in [2.05, 4.69) is 0 Å². The third kappa shape index (κ3) is 3.27. The van der Waals surface area contributed by atoms with Crippen LogP contribution in [0, 0.1) is 5.92 Å². The first-order valence-electron chi connectivity index (χ1n) is 8.22. The van der Waals surface area contributed by atoms with Gasteiger partial charge in [-0.1, -0.05) is 30.3 Å². The van der Waals surface area contributed by atoms with E-state index in [1.54, 1.807) is 30.3 Å². The van der Waals surface area contributed by atoms with E-state index in [9.17, 15) is 29.1 Å². The van der Waals surface area contributed by atoms with Crippen molar-refractivity contribution in [3.05, 3.63) is 35.9 Å². The highest BCUT2D eigenvalue weighted by molar-refractivity contribution is 6.06. The molecule has 11 nitrogen and oxygen atoms in total. The fourth-order valence-corrected chi connectivity index (χ4v) is 2.95. The number of aliphatic carboxylic acids is 1. The number of primary amides is 1. The molecule has 0 radical (unpaired) electrons. The van der Waals surface area contributed by atoms with E-state index in [-0.39, 0.29) is 18.1 Å². The predicted molar refractivity (Wildman–Crippen MR) is 86.3 cm³/mol. The Morgan fingerprint density at radius 1 is 1.25 bits per heavy atom. The largest absolute Gasteiger partial charge is 0.477 e. The summed E-state index contributed by atoms with van der Waals surface area (Å²) in [6, 6.07) is 8.54. The Kier molecular flexibility index (Phi) is 5.01. The lowest BCUT2D eigenvalue weighted by Gasteiger charge is -2.30. The van der Waals surface area contributed by atoms with Crippen LogP contribution in [0.4, 0.5) is 0 Å². The van der Waals surface area contributed by atoms with Gasteiger partial charge in [-0.05, 0) is 5.56 Å². The SMILES string of the molecule is NC(=O)C1ON(C2(C(=O)O)CCC(=O)O2)C(=O)C1C(=O)OCc1ccccc1. The molecular weight excluding hydrogens is 376 g/mol. The third-order valence-electron chi connectivity index (χ3n) is 4.36. The molecule has 2 amide bonds. The molecule has 3 N–H and O–H groups in total. The van der Waals surface area contributed by atoms with Crippen molar-refractivity contribution in [2.75, 3.05) is 0 Å². The van der Waals surface area contributed by atoms with E-state index >= 15 is 0 Å². The number of carbonyl (C=O) groups excluding carboxylic acids is 4. The normalized spacial score (nSPS) is 26.8. The molecule has 28 heavy (non-hydrogen) atoms. The van der Waals surface area contributed by atoms with Gasteiger partial charge in [-0.15, -0.1) is 0 Å². The van der Waals surface area contributed by atoms with Crippen LogP contribution in [0.3, 0.4) is 0 Å². The smallest absolute Gasteiger partial charge is 0.372 e. The molecule has 1 aromatic carbocycles. The fraction of sp³-hybridized carbons (Fsp3) is 0.353. The van der Waals surface area contributed by atoms with Crippen LogP contribution >= 0.6 is 0 Å². The van der Waals surface area contributed by atoms with E-state index in [4.69, 9.17) is 20.0 Å². The maximum Gasteiger partial charge on any atom is 0.372 e. The molecule has 0 bridgehead atoms. The molecule has 2 saturated heterocycles. The maximum absolute atomic E-state index is 12.7. The monoisotopic (exact) mass is 392 g/mol. The lowest BCUT2D eigenvalue weighted by atomic mass is 10.0. The zero-order valence-electron chi connectivity index (χ0n) is 14.4. The summed E-state index contributed by atoms with van der Waals surface area (Å²) in [6.45, 7) is -0.187. The molecule has 2 aliphatic rings. The minimum Gasteiger partial charge on any atom is -0.477 e. The molecular formula is C17H16N2O9. The molecule has 3 atom stereocenters. The first kappa shape index (κ1) is 19.3. The summed E-state index contributed by atoms with van der Waals surface area (Å²) < 4.78 is 9.85. The van der Waals surface area contributed by atoms with Gasteiger partial charge in [0.2, 0.25) is 0 Å². The zero-order valence-corrected chi connectivity index (χ0v) is 14.4. The van der Waals surface area contributed by atoms with E-state index in [0.29, 0.717) is 5.56 Å². The number of hydrogen-bond acceptors (Lipinski definition) is 8. The van der Waals surface area contributed by atoms with Crippen LogP contribution in [0.5, 0.6) is 0 Å². The van der Waals surface area contributed by atoms with Crippen LogP contribution in [0.25, 0.3) is 0 Å². The Labute approximate surface area is 157 Å². The number of nitrogens with zero attached hydrogens (tertiary/aromatic N) is 1. The minimum atomic E-state index is -2.48. The molecule has 0 aliphatic carbocycles.